The van der Waals surface area contributed by atoms with Crippen LogP contribution in [0.2, 0.25) is 0 Å². The molecule has 5 rings (SSSR count). The molecule has 2 N–H and O–H groups in total. The highest BCUT2D eigenvalue weighted by molar-refractivity contribution is 5.99. The van der Waals surface area contributed by atoms with E-state index in [1.165, 1.54) is 30.6 Å². The van der Waals surface area contributed by atoms with Crippen LogP contribution in [0.5, 0.6) is 0 Å². The van der Waals surface area contributed by atoms with Crippen molar-refractivity contribution in [3.63, 3.8) is 0 Å². The molecule has 1 aromatic rings. The fraction of sp³-hybridized carbons (Fsp3) is 0.667. The molecule has 4 aliphatic rings. The summed E-state index contributed by atoms with van der Waals surface area (Å²) in [6.45, 7) is 10.7. The molecule has 146 valence electrons. The van der Waals surface area contributed by atoms with Crippen molar-refractivity contribution in [1.82, 2.24) is 25.3 Å². The highest BCUT2D eigenvalue weighted by Gasteiger charge is 2.35. The second kappa shape index (κ2) is 7.51. The van der Waals surface area contributed by atoms with E-state index in [1.807, 2.05) is 6.07 Å². The highest BCUT2D eigenvalue weighted by atomic mass is 16.2. The largest absolute Gasteiger partial charge is 0.330 e. The van der Waals surface area contributed by atoms with Crippen LogP contribution >= 0.6 is 0 Å². The van der Waals surface area contributed by atoms with Gasteiger partial charge in [0.1, 0.15) is 0 Å². The van der Waals surface area contributed by atoms with Crippen LogP contribution in [0.25, 0.3) is 0 Å². The molecule has 0 saturated carbocycles. The van der Waals surface area contributed by atoms with Gasteiger partial charge in [0.25, 0.3) is 5.91 Å². The van der Waals surface area contributed by atoms with E-state index in [2.05, 4.69) is 37.5 Å². The van der Waals surface area contributed by atoms with Crippen molar-refractivity contribution in [2.75, 3.05) is 52.4 Å². The molecular weight excluding hydrogens is 338 g/mol. The van der Waals surface area contributed by atoms with Gasteiger partial charge in [0.15, 0.2) is 0 Å². The third-order valence-corrected chi connectivity index (χ3v) is 6.88. The molecule has 1 aromatic carbocycles. The number of carbonyl (C=O) groups is 1. The summed E-state index contributed by atoms with van der Waals surface area (Å²) in [5, 5.41) is 6.83. The molecule has 3 saturated heterocycles. The summed E-state index contributed by atoms with van der Waals surface area (Å²) in [6.07, 6.45) is 2.29. The van der Waals surface area contributed by atoms with Crippen molar-refractivity contribution in [1.29, 1.82) is 0 Å². The van der Waals surface area contributed by atoms with Gasteiger partial charge in [0.05, 0.1) is 0 Å². The van der Waals surface area contributed by atoms with Gasteiger partial charge in [-0.15, -0.1) is 0 Å². The lowest BCUT2D eigenvalue weighted by Crippen LogP contribution is -2.61. The average Bonchev–Trinajstić information content (AvgIpc) is 3.01. The lowest BCUT2D eigenvalue weighted by molar-refractivity contribution is 0.0669. The first kappa shape index (κ1) is 17.6. The summed E-state index contributed by atoms with van der Waals surface area (Å²) in [6, 6.07) is 7.44. The van der Waals surface area contributed by atoms with Crippen LogP contribution in [0.15, 0.2) is 18.2 Å². The van der Waals surface area contributed by atoms with Gasteiger partial charge in [-0.2, -0.15) is 0 Å². The number of fused-ring (bicyclic) bond motifs is 1. The zero-order valence-electron chi connectivity index (χ0n) is 16.1. The summed E-state index contributed by atoms with van der Waals surface area (Å²) < 4.78 is 0. The Morgan fingerprint density at radius 3 is 2.52 bits per heavy atom. The van der Waals surface area contributed by atoms with Gasteiger partial charge in [-0.3, -0.25) is 14.6 Å². The minimum atomic E-state index is 0.239. The van der Waals surface area contributed by atoms with Gasteiger partial charge < -0.3 is 15.5 Å². The van der Waals surface area contributed by atoms with Crippen molar-refractivity contribution in [3.8, 4) is 0 Å². The number of nitrogens with one attached hydrogen (secondary N) is 2. The molecule has 4 heterocycles. The van der Waals surface area contributed by atoms with E-state index >= 15 is 0 Å². The fourth-order valence-electron chi connectivity index (χ4n) is 5.02. The number of hydrogen-bond acceptors (Lipinski definition) is 5. The Balaban J connectivity index is 1.25. The maximum atomic E-state index is 13.0. The van der Waals surface area contributed by atoms with Crippen LogP contribution in [-0.4, -0.2) is 85.0 Å². The minimum Gasteiger partial charge on any atom is -0.330 e. The number of hydrogen-bond donors (Lipinski definition) is 2. The van der Waals surface area contributed by atoms with Crippen LogP contribution in [-0.2, 0) is 13.1 Å². The Labute approximate surface area is 161 Å². The Hall–Kier alpha value is -1.47. The zero-order valence-corrected chi connectivity index (χ0v) is 16.1. The van der Waals surface area contributed by atoms with Gasteiger partial charge in [0, 0.05) is 76.5 Å². The number of carbonyl (C=O) groups excluding carboxylic acids is 1. The fourth-order valence-corrected chi connectivity index (χ4v) is 5.02. The van der Waals surface area contributed by atoms with Gasteiger partial charge in [0.2, 0.25) is 0 Å². The Morgan fingerprint density at radius 1 is 1.00 bits per heavy atom. The number of piperidine rings is 1. The van der Waals surface area contributed by atoms with Gasteiger partial charge in [-0.05, 0) is 36.6 Å². The van der Waals surface area contributed by atoms with Gasteiger partial charge in [-0.25, -0.2) is 0 Å². The number of piperazine rings is 1. The van der Waals surface area contributed by atoms with Crippen LogP contribution < -0.4 is 10.6 Å². The minimum absolute atomic E-state index is 0.239. The molecule has 27 heavy (non-hydrogen) atoms. The number of rotatable bonds is 4. The van der Waals surface area contributed by atoms with E-state index in [1.54, 1.807) is 0 Å². The predicted octanol–water partition coefficient (Wildman–Crippen LogP) is 0.484. The maximum Gasteiger partial charge on any atom is 0.254 e. The lowest BCUT2D eigenvalue weighted by atomic mass is 10.0. The number of benzene rings is 1. The van der Waals surface area contributed by atoms with E-state index in [0.717, 1.165) is 70.4 Å². The van der Waals surface area contributed by atoms with E-state index in [4.69, 9.17) is 0 Å². The summed E-state index contributed by atoms with van der Waals surface area (Å²) >= 11 is 0. The van der Waals surface area contributed by atoms with E-state index in [-0.39, 0.29) is 5.91 Å². The Kier molecular flexibility index (Phi) is 4.90. The molecule has 6 heteroatoms. The van der Waals surface area contributed by atoms with Gasteiger partial charge in [-0.1, -0.05) is 12.1 Å². The molecule has 3 fully saturated rings. The summed E-state index contributed by atoms with van der Waals surface area (Å²) in [7, 11) is 0. The monoisotopic (exact) mass is 369 g/mol. The van der Waals surface area contributed by atoms with E-state index in [9.17, 15) is 4.79 Å². The molecule has 0 radical (unpaired) electrons. The standard InChI is InChI=1S/C21H31N5O/c27-21-19-5-1-3-16(20(19)15-26(21)17-4-2-6-22-11-17)14-24-7-9-25(10-8-24)18-12-23-13-18/h1,3,5,17-18,22-23H,2,4,6-15H2. The first-order chi connectivity index (χ1) is 13.3. The highest BCUT2D eigenvalue weighted by Crippen LogP contribution is 2.30. The number of amides is 1. The normalized spacial score (nSPS) is 27.6. The first-order valence-corrected chi connectivity index (χ1v) is 10.6. The maximum absolute atomic E-state index is 13.0. The first-order valence-electron chi connectivity index (χ1n) is 10.6. The average molecular weight is 370 g/mol. The molecule has 1 atom stereocenters. The molecule has 1 unspecified atom stereocenters. The third kappa shape index (κ3) is 3.40. The molecule has 0 aliphatic carbocycles. The Morgan fingerprint density at radius 2 is 1.81 bits per heavy atom. The molecule has 0 aromatic heterocycles. The smallest absolute Gasteiger partial charge is 0.254 e. The van der Waals surface area contributed by atoms with Crippen LogP contribution in [0.4, 0.5) is 0 Å². The van der Waals surface area contributed by atoms with Gasteiger partial charge >= 0.3 is 0 Å². The van der Waals surface area contributed by atoms with Crippen LogP contribution in [0, 0.1) is 0 Å². The predicted molar refractivity (Wildman–Crippen MR) is 106 cm³/mol. The summed E-state index contributed by atoms with van der Waals surface area (Å²) in [4.78, 5) is 20.3. The van der Waals surface area contributed by atoms with Crippen molar-refractivity contribution < 1.29 is 4.79 Å². The Bertz CT molecular complexity index is 690. The molecule has 0 spiro atoms. The van der Waals surface area contributed by atoms with Crippen molar-refractivity contribution in [3.05, 3.63) is 34.9 Å². The SMILES string of the molecule is O=C1c2cccc(CN3CCN(C4CNC4)CC3)c2CN1C1CCCNC1. The summed E-state index contributed by atoms with van der Waals surface area (Å²) in [5.74, 6) is 0.239. The topological polar surface area (TPSA) is 50.9 Å². The second-order valence-corrected chi connectivity index (χ2v) is 8.50. The summed E-state index contributed by atoms with van der Waals surface area (Å²) in [5.41, 5.74) is 3.57. The third-order valence-electron chi connectivity index (χ3n) is 6.88. The molecule has 6 nitrogen and oxygen atoms in total. The number of nitrogens with zero attached hydrogens (tertiary/aromatic N) is 3. The van der Waals surface area contributed by atoms with Crippen molar-refractivity contribution >= 4 is 5.91 Å². The molecular formula is C21H31N5O. The van der Waals surface area contributed by atoms with Crippen molar-refractivity contribution in [2.45, 2.75) is 38.0 Å². The quantitative estimate of drug-likeness (QED) is 0.809. The van der Waals surface area contributed by atoms with Crippen molar-refractivity contribution in [2.24, 2.45) is 0 Å². The van der Waals surface area contributed by atoms with E-state index in [0.29, 0.717) is 6.04 Å². The lowest BCUT2D eigenvalue weighted by Gasteiger charge is -2.43. The van der Waals surface area contributed by atoms with Crippen LogP contribution in [0.1, 0.15) is 34.3 Å². The zero-order chi connectivity index (χ0) is 18.2. The van der Waals surface area contributed by atoms with Crippen LogP contribution in [0.3, 0.4) is 0 Å². The molecule has 4 aliphatic heterocycles. The molecule has 1 amide bonds. The second-order valence-electron chi connectivity index (χ2n) is 8.50. The van der Waals surface area contributed by atoms with E-state index < -0.39 is 0 Å². The molecule has 0 bridgehead atoms.